The van der Waals surface area contributed by atoms with Gasteiger partial charge in [-0.3, -0.25) is 0 Å². The minimum absolute atomic E-state index is 0.326. The molecule has 0 saturated heterocycles. The van der Waals surface area contributed by atoms with Crippen molar-refractivity contribution in [3.63, 3.8) is 0 Å². The van der Waals surface area contributed by atoms with Crippen molar-refractivity contribution in [3.05, 3.63) is 11.6 Å². The second-order valence-corrected chi connectivity index (χ2v) is 3.98. The Morgan fingerprint density at radius 1 is 1.13 bits per heavy atom. The molecule has 0 aromatic carbocycles. The van der Waals surface area contributed by atoms with Gasteiger partial charge in [0.15, 0.2) is 5.50 Å². The van der Waals surface area contributed by atoms with E-state index in [1.165, 1.54) is 20.3 Å². The summed E-state index contributed by atoms with van der Waals surface area (Å²) in [5, 5.41) is 0. The third kappa shape index (κ3) is 5.72. The summed E-state index contributed by atoms with van der Waals surface area (Å²) in [4.78, 5) is 11.2. The minimum atomic E-state index is -1.33. The van der Waals surface area contributed by atoms with Gasteiger partial charge in [0.25, 0.3) is 0 Å². The van der Waals surface area contributed by atoms with E-state index in [2.05, 4.69) is 0 Å². The summed E-state index contributed by atoms with van der Waals surface area (Å²) in [6, 6.07) is 0. The van der Waals surface area contributed by atoms with Crippen LogP contribution in [0, 0.1) is 0 Å². The van der Waals surface area contributed by atoms with E-state index in [4.69, 9.17) is 18.5 Å². The van der Waals surface area contributed by atoms with Gasteiger partial charge in [-0.05, 0) is 13.8 Å². The molecule has 5 nitrogen and oxygen atoms in total. The zero-order valence-electron chi connectivity index (χ0n) is 9.48. The molecule has 0 radical (unpaired) electrons. The van der Waals surface area contributed by atoms with E-state index in [9.17, 15) is 4.79 Å². The Morgan fingerprint density at radius 3 is 2.07 bits per heavy atom. The lowest BCUT2D eigenvalue weighted by atomic mass is 10.6. The molecule has 0 aromatic heterocycles. The van der Waals surface area contributed by atoms with Gasteiger partial charge in [-0.1, -0.05) is 0 Å². The molecule has 0 spiro atoms. The van der Waals surface area contributed by atoms with Crippen LogP contribution in [0.15, 0.2) is 11.6 Å². The molecule has 0 aliphatic carbocycles. The molecule has 0 atom stereocenters. The van der Waals surface area contributed by atoms with Gasteiger partial charge < -0.3 is 18.5 Å². The van der Waals surface area contributed by atoms with Crippen molar-refractivity contribution in [1.29, 1.82) is 0 Å². The molecule has 0 unspecified atom stereocenters. The summed E-state index contributed by atoms with van der Waals surface area (Å²) in [6.45, 7) is 4.32. The average molecular weight is 236 g/mol. The molecule has 0 N–H and O–H groups in total. The molecular weight excluding hydrogens is 219 g/mol. The van der Waals surface area contributed by atoms with Crippen molar-refractivity contribution < 1.29 is 23.3 Å². The van der Waals surface area contributed by atoms with Crippen molar-refractivity contribution >= 4 is 14.3 Å². The zero-order valence-corrected chi connectivity index (χ0v) is 10.4. The molecule has 15 heavy (non-hydrogen) atoms. The summed E-state index contributed by atoms with van der Waals surface area (Å²) < 4.78 is 20.1. The first-order valence-electron chi connectivity index (χ1n) is 4.59. The van der Waals surface area contributed by atoms with Gasteiger partial charge in [0.2, 0.25) is 8.38 Å². The van der Waals surface area contributed by atoms with Crippen molar-refractivity contribution in [2.45, 2.75) is 13.8 Å². The quantitative estimate of drug-likeness (QED) is 0.293. The predicted molar refractivity (Wildman–Crippen MR) is 57.3 cm³/mol. The normalized spacial score (nSPS) is 11.7. The highest BCUT2D eigenvalue weighted by Gasteiger charge is 2.17. The lowest BCUT2D eigenvalue weighted by Crippen LogP contribution is -2.03. The molecule has 0 aromatic rings. The lowest BCUT2D eigenvalue weighted by Gasteiger charge is -2.15. The number of carbonyl (C=O) groups excluding carboxylic acids is 1. The SMILES string of the molecule is CCOC(=O)C=C(OCC)P(OC)OC. The van der Waals surface area contributed by atoms with Crippen LogP contribution in [0.3, 0.4) is 0 Å². The van der Waals surface area contributed by atoms with Crippen LogP contribution in [0.2, 0.25) is 0 Å². The van der Waals surface area contributed by atoms with Gasteiger partial charge >= 0.3 is 5.97 Å². The molecule has 0 fully saturated rings. The molecule has 6 heteroatoms. The van der Waals surface area contributed by atoms with Gasteiger partial charge in [0.05, 0.1) is 19.3 Å². The van der Waals surface area contributed by atoms with Crippen LogP contribution < -0.4 is 0 Å². The fourth-order valence-corrected chi connectivity index (χ4v) is 1.79. The van der Waals surface area contributed by atoms with Gasteiger partial charge in [-0.15, -0.1) is 0 Å². The van der Waals surface area contributed by atoms with Crippen molar-refractivity contribution in [2.75, 3.05) is 27.4 Å². The van der Waals surface area contributed by atoms with E-state index < -0.39 is 14.3 Å². The van der Waals surface area contributed by atoms with Crippen LogP contribution in [0.5, 0.6) is 0 Å². The summed E-state index contributed by atoms with van der Waals surface area (Å²) in [5.74, 6) is -0.456. The van der Waals surface area contributed by atoms with Crippen LogP contribution in [0.4, 0.5) is 0 Å². The summed E-state index contributed by atoms with van der Waals surface area (Å²) in [7, 11) is 1.66. The van der Waals surface area contributed by atoms with E-state index in [1.807, 2.05) is 6.92 Å². The molecule has 88 valence electrons. The number of ether oxygens (including phenoxy) is 2. The molecule has 0 aliphatic rings. The van der Waals surface area contributed by atoms with Gasteiger partial charge in [0.1, 0.15) is 0 Å². The average Bonchev–Trinajstić information content (AvgIpc) is 2.20. The second-order valence-electron chi connectivity index (χ2n) is 2.29. The standard InChI is InChI=1S/C9H17O5P/c1-5-13-8(10)7-9(14-6-2)15(11-3)12-4/h7H,5-6H2,1-4H3. The molecule has 0 rings (SSSR count). The molecular formula is C9H17O5P. The Kier molecular flexibility index (Phi) is 8.28. The van der Waals surface area contributed by atoms with Crippen molar-refractivity contribution in [1.82, 2.24) is 0 Å². The summed E-state index contributed by atoms with van der Waals surface area (Å²) >= 11 is 0. The Labute approximate surface area is 91.3 Å². The second kappa shape index (κ2) is 8.65. The topological polar surface area (TPSA) is 54.0 Å². The summed E-state index contributed by atoms with van der Waals surface area (Å²) in [5.41, 5.74) is 0.371. The molecule has 0 saturated carbocycles. The van der Waals surface area contributed by atoms with Crippen LogP contribution in [0.25, 0.3) is 0 Å². The highest BCUT2D eigenvalue weighted by Crippen LogP contribution is 2.45. The van der Waals surface area contributed by atoms with Gasteiger partial charge in [-0.25, -0.2) is 4.79 Å². The van der Waals surface area contributed by atoms with E-state index in [-0.39, 0.29) is 0 Å². The Bertz CT molecular complexity index is 213. The fraction of sp³-hybridized carbons (Fsp3) is 0.667. The Hall–Kier alpha value is -0.640. The first-order chi connectivity index (χ1) is 7.19. The number of carbonyl (C=O) groups is 1. The maximum atomic E-state index is 11.2. The molecule has 0 aliphatic heterocycles. The fourth-order valence-electron chi connectivity index (χ4n) is 0.834. The van der Waals surface area contributed by atoms with Crippen LogP contribution >= 0.6 is 8.38 Å². The van der Waals surface area contributed by atoms with E-state index in [1.54, 1.807) is 6.92 Å². The van der Waals surface area contributed by atoms with E-state index in [0.29, 0.717) is 18.7 Å². The first kappa shape index (κ1) is 14.4. The Morgan fingerprint density at radius 2 is 1.67 bits per heavy atom. The monoisotopic (exact) mass is 236 g/mol. The van der Waals surface area contributed by atoms with Crippen LogP contribution in [0.1, 0.15) is 13.8 Å². The van der Waals surface area contributed by atoms with Crippen molar-refractivity contribution in [3.8, 4) is 0 Å². The van der Waals surface area contributed by atoms with Crippen molar-refractivity contribution in [2.24, 2.45) is 0 Å². The molecule has 0 amide bonds. The minimum Gasteiger partial charge on any atom is -0.488 e. The van der Waals surface area contributed by atoms with Crippen LogP contribution in [-0.2, 0) is 23.3 Å². The highest BCUT2D eigenvalue weighted by molar-refractivity contribution is 7.51. The highest BCUT2D eigenvalue weighted by atomic mass is 31.2. The third-order valence-corrected chi connectivity index (χ3v) is 2.61. The number of esters is 1. The summed E-state index contributed by atoms with van der Waals surface area (Å²) in [6.07, 6.45) is 1.26. The molecule has 0 bridgehead atoms. The maximum Gasteiger partial charge on any atom is 0.334 e. The first-order valence-corrected chi connectivity index (χ1v) is 5.76. The number of hydrogen-bond donors (Lipinski definition) is 0. The zero-order chi connectivity index (χ0) is 11.7. The molecule has 0 heterocycles. The number of hydrogen-bond acceptors (Lipinski definition) is 5. The van der Waals surface area contributed by atoms with Gasteiger partial charge in [-0.2, -0.15) is 0 Å². The largest absolute Gasteiger partial charge is 0.488 e. The third-order valence-electron chi connectivity index (χ3n) is 1.33. The maximum absolute atomic E-state index is 11.2. The van der Waals surface area contributed by atoms with E-state index >= 15 is 0 Å². The van der Waals surface area contributed by atoms with E-state index in [0.717, 1.165) is 0 Å². The number of rotatable bonds is 7. The predicted octanol–water partition coefficient (Wildman–Crippen LogP) is 2.03. The van der Waals surface area contributed by atoms with Crippen LogP contribution in [-0.4, -0.2) is 33.4 Å². The van der Waals surface area contributed by atoms with Gasteiger partial charge in [0, 0.05) is 14.2 Å². The Balaban J connectivity index is 4.54. The smallest absolute Gasteiger partial charge is 0.334 e. The lowest BCUT2D eigenvalue weighted by molar-refractivity contribution is -0.137.